The fourth-order valence-corrected chi connectivity index (χ4v) is 1.51. The van der Waals surface area contributed by atoms with E-state index in [1.165, 1.54) is 0 Å². The second kappa shape index (κ2) is 3.21. The van der Waals surface area contributed by atoms with E-state index >= 15 is 0 Å². The average Bonchev–Trinajstić information content (AvgIpc) is 1.96. The normalized spacial score (nSPS) is 20.9. The Balaban J connectivity index is 2.61. The predicted molar refractivity (Wildman–Crippen MR) is 39.7 cm³/mol. The van der Waals surface area contributed by atoms with Crippen LogP contribution in [0.25, 0.3) is 0 Å². The van der Waals surface area contributed by atoms with Gasteiger partial charge in [-0.2, -0.15) is 5.26 Å². The van der Waals surface area contributed by atoms with E-state index < -0.39 is 0 Å². The highest BCUT2D eigenvalue weighted by Gasteiger charge is 2.45. The van der Waals surface area contributed by atoms with Crippen molar-refractivity contribution in [1.82, 2.24) is 0 Å². The largest absolute Gasteiger partial charge is 0.354 e. The van der Waals surface area contributed by atoms with Crippen LogP contribution in [0.15, 0.2) is 0 Å². The second-order valence-electron chi connectivity index (χ2n) is 2.92. The lowest BCUT2D eigenvalue weighted by Gasteiger charge is -2.39. The smallest absolute Gasteiger partial charge is 0.175 e. The summed E-state index contributed by atoms with van der Waals surface area (Å²) in [5, 5.41) is 8.86. The van der Waals surface area contributed by atoms with Crippen LogP contribution in [0.3, 0.4) is 0 Å². The minimum Gasteiger partial charge on any atom is -0.354 e. The van der Waals surface area contributed by atoms with Crippen molar-refractivity contribution in [3.05, 3.63) is 0 Å². The van der Waals surface area contributed by atoms with Gasteiger partial charge in [-0.3, -0.25) is 0 Å². The van der Waals surface area contributed by atoms with Crippen molar-refractivity contribution in [2.24, 2.45) is 5.41 Å². The minimum absolute atomic E-state index is 0.346. The molecule has 0 bridgehead atoms. The van der Waals surface area contributed by atoms with Crippen molar-refractivity contribution >= 4 is 0 Å². The zero-order valence-electron chi connectivity index (χ0n) is 6.96. The van der Waals surface area contributed by atoms with Gasteiger partial charge in [-0.25, -0.2) is 0 Å². The maximum Gasteiger partial charge on any atom is 0.175 e. The zero-order chi connectivity index (χ0) is 8.32. The van der Waals surface area contributed by atoms with E-state index in [1.54, 1.807) is 14.2 Å². The molecule has 1 fully saturated rings. The molecule has 0 aliphatic heterocycles. The molecular formula is C8H13NO2. The van der Waals surface area contributed by atoms with Crippen molar-refractivity contribution in [3.8, 4) is 6.07 Å². The van der Waals surface area contributed by atoms with Gasteiger partial charge in [0.05, 0.1) is 6.07 Å². The molecule has 0 N–H and O–H groups in total. The van der Waals surface area contributed by atoms with E-state index in [1.807, 2.05) is 0 Å². The molecule has 3 heteroatoms. The summed E-state index contributed by atoms with van der Waals surface area (Å²) in [6.07, 6.45) is 2.56. The van der Waals surface area contributed by atoms with Crippen LogP contribution in [0.2, 0.25) is 0 Å². The number of hydrogen-bond donors (Lipinski definition) is 0. The first-order chi connectivity index (χ1) is 5.29. The lowest BCUT2D eigenvalue weighted by molar-refractivity contribution is -0.181. The number of methoxy groups -OCH3 is 2. The fraction of sp³-hybridized carbons (Fsp3) is 0.875. The summed E-state index contributed by atoms with van der Waals surface area (Å²) < 4.78 is 10.1. The van der Waals surface area contributed by atoms with Crippen molar-refractivity contribution in [3.63, 3.8) is 0 Å². The van der Waals surface area contributed by atoms with E-state index in [0.29, 0.717) is 0 Å². The van der Waals surface area contributed by atoms with E-state index in [-0.39, 0.29) is 11.7 Å². The Morgan fingerprint density at radius 3 is 2.00 bits per heavy atom. The number of nitrogens with zero attached hydrogens (tertiary/aromatic N) is 1. The van der Waals surface area contributed by atoms with Crippen LogP contribution >= 0.6 is 0 Å². The van der Waals surface area contributed by atoms with E-state index in [2.05, 4.69) is 6.07 Å². The summed E-state index contributed by atoms with van der Waals surface area (Å²) in [5.74, 6) is 0. The van der Waals surface area contributed by atoms with Crippen LogP contribution in [-0.2, 0) is 9.47 Å². The molecule has 0 saturated heterocycles. The first kappa shape index (κ1) is 8.51. The molecule has 1 saturated carbocycles. The molecule has 0 aromatic rings. The van der Waals surface area contributed by atoms with Gasteiger partial charge < -0.3 is 9.47 Å². The highest BCUT2D eigenvalue weighted by molar-refractivity contribution is 5.06. The van der Waals surface area contributed by atoms with Crippen LogP contribution in [-0.4, -0.2) is 20.5 Å². The van der Waals surface area contributed by atoms with Gasteiger partial charge in [0.2, 0.25) is 0 Å². The topological polar surface area (TPSA) is 42.2 Å². The minimum atomic E-state index is -0.358. The van der Waals surface area contributed by atoms with Gasteiger partial charge in [0.25, 0.3) is 0 Å². The van der Waals surface area contributed by atoms with Gasteiger partial charge in [0, 0.05) is 14.2 Å². The molecule has 1 rings (SSSR count). The quantitative estimate of drug-likeness (QED) is 0.577. The Kier molecular flexibility index (Phi) is 2.48. The van der Waals surface area contributed by atoms with Crippen LogP contribution < -0.4 is 0 Å². The molecule has 3 nitrogen and oxygen atoms in total. The molecule has 0 aromatic heterocycles. The molecule has 0 aromatic carbocycles. The Morgan fingerprint density at radius 2 is 1.91 bits per heavy atom. The Hall–Kier alpha value is -0.590. The molecule has 0 amide bonds. The van der Waals surface area contributed by atoms with Crippen LogP contribution in [0.1, 0.15) is 19.3 Å². The average molecular weight is 155 g/mol. The lowest BCUT2D eigenvalue weighted by atomic mass is 9.69. The summed E-state index contributed by atoms with van der Waals surface area (Å²) >= 11 is 0. The molecular weight excluding hydrogens is 142 g/mol. The van der Waals surface area contributed by atoms with E-state index in [9.17, 15) is 0 Å². The maximum atomic E-state index is 8.86. The molecule has 0 heterocycles. The van der Waals surface area contributed by atoms with Crippen LogP contribution in [0, 0.1) is 16.7 Å². The highest BCUT2D eigenvalue weighted by Crippen LogP contribution is 2.44. The number of ether oxygens (including phenoxy) is 2. The summed E-state index contributed by atoms with van der Waals surface area (Å²) in [4.78, 5) is 0. The third kappa shape index (κ3) is 1.24. The number of hydrogen-bond acceptors (Lipinski definition) is 3. The maximum absolute atomic E-state index is 8.86. The first-order valence-corrected chi connectivity index (χ1v) is 3.76. The highest BCUT2D eigenvalue weighted by atomic mass is 16.7. The van der Waals surface area contributed by atoms with E-state index in [4.69, 9.17) is 14.7 Å². The molecule has 1 aliphatic rings. The molecule has 11 heavy (non-hydrogen) atoms. The van der Waals surface area contributed by atoms with Crippen molar-refractivity contribution < 1.29 is 9.47 Å². The van der Waals surface area contributed by atoms with Gasteiger partial charge in [-0.15, -0.1) is 0 Å². The van der Waals surface area contributed by atoms with Gasteiger partial charge in [-0.05, 0) is 19.3 Å². The van der Waals surface area contributed by atoms with E-state index in [0.717, 1.165) is 19.3 Å². The molecule has 0 radical (unpaired) electrons. The predicted octanol–water partition coefficient (Wildman–Crippen LogP) is 1.30. The standard InChI is InChI=1S/C8H13NO2/c1-10-7(11-2)8(6-9)4-3-5-8/h7H,3-5H2,1-2H3. The van der Waals surface area contributed by atoms with Gasteiger partial charge >= 0.3 is 0 Å². The summed E-state index contributed by atoms with van der Waals surface area (Å²) in [6, 6.07) is 2.27. The Morgan fingerprint density at radius 1 is 1.36 bits per heavy atom. The van der Waals surface area contributed by atoms with Crippen molar-refractivity contribution in [1.29, 1.82) is 5.26 Å². The van der Waals surface area contributed by atoms with Gasteiger partial charge in [0.15, 0.2) is 6.29 Å². The molecule has 0 unspecified atom stereocenters. The van der Waals surface area contributed by atoms with Gasteiger partial charge in [0.1, 0.15) is 5.41 Å². The first-order valence-electron chi connectivity index (χ1n) is 3.76. The van der Waals surface area contributed by atoms with Gasteiger partial charge in [-0.1, -0.05) is 0 Å². The molecule has 0 spiro atoms. The number of rotatable bonds is 3. The summed E-state index contributed by atoms with van der Waals surface area (Å²) in [7, 11) is 3.15. The van der Waals surface area contributed by atoms with Crippen molar-refractivity contribution in [2.45, 2.75) is 25.6 Å². The Labute approximate surface area is 66.9 Å². The third-order valence-electron chi connectivity index (χ3n) is 2.35. The zero-order valence-corrected chi connectivity index (χ0v) is 6.96. The molecule has 1 aliphatic carbocycles. The second-order valence-corrected chi connectivity index (χ2v) is 2.92. The van der Waals surface area contributed by atoms with Crippen molar-refractivity contribution in [2.75, 3.05) is 14.2 Å². The molecule has 0 atom stereocenters. The lowest BCUT2D eigenvalue weighted by Crippen LogP contribution is -2.42. The molecule has 62 valence electrons. The SMILES string of the molecule is COC(OC)C1(C#N)CCC1. The van der Waals surface area contributed by atoms with Crippen LogP contribution in [0.5, 0.6) is 0 Å². The number of nitriles is 1. The van der Waals surface area contributed by atoms with Crippen LogP contribution in [0.4, 0.5) is 0 Å². The summed E-state index contributed by atoms with van der Waals surface area (Å²) in [6.45, 7) is 0. The summed E-state index contributed by atoms with van der Waals surface area (Å²) in [5.41, 5.74) is -0.358. The fourth-order valence-electron chi connectivity index (χ4n) is 1.51. The Bertz CT molecular complexity index is 165. The monoisotopic (exact) mass is 155 g/mol. The third-order valence-corrected chi connectivity index (χ3v) is 2.35.